The predicted octanol–water partition coefficient (Wildman–Crippen LogP) is 1.56. The van der Waals surface area contributed by atoms with Crippen molar-refractivity contribution in [3.8, 4) is 12.1 Å². The lowest BCUT2D eigenvalue weighted by molar-refractivity contribution is 0.805. The molecular formula is C12H14N4. The van der Waals surface area contributed by atoms with Crippen molar-refractivity contribution in [3.05, 3.63) is 29.8 Å². The van der Waals surface area contributed by atoms with Crippen molar-refractivity contribution in [1.29, 1.82) is 10.5 Å². The van der Waals surface area contributed by atoms with Crippen LogP contribution in [0, 0.1) is 22.7 Å². The van der Waals surface area contributed by atoms with E-state index in [4.69, 9.17) is 16.3 Å². The average molecular weight is 214 g/mol. The van der Waals surface area contributed by atoms with Crippen molar-refractivity contribution in [3.63, 3.8) is 0 Å². The van der Waals surface area contributed by atoms with Crippen molar-refractivity contribution in [2.24, 2.45) is 5.73 Å². The molecule has 1 aromatic rings. The van der Waals surface area contributed by atoms with Crippen LogP contribution in [-0.2, 0) is 0 Å². The van der Waals surface area contributed by atoms with E-state index in [2.05, 4.69) is 12.1 Å². The van der Waals surface area contributed by atoms with Gasteiger partial charge in [-0.2, -0.15) is 10.5 Å². The van der Waals surface area contributed by atoms with E-state index >= 15 is 0 Å². The highest BCUT2D eigenvalue weighted by molar-refractivity contribution is 5.56. The molecule has 0 amide bonds. The van der Waals surface area contributed by atoms with Gasteiger partial charge in [-0.05, 0) is 18.6 Å². The molecule has 0 aliphatic heterocycles. The lowest BCUT2D eigenvalue weighted by Crippen LogP contribution is -2.26. The summed E-state index contributed by atoms with van der Waals surface area (Å²) in [7, 11) is 0. The van der Waals surface area contributed by atoms with Gasteiger partial charge in [-0.3, -0.25) is 0 Å². The normalized spacial score (nSPS) is 11.2. The zero-order chi connectivity index (χ0) is 12.0. The van der Waals surface area contributed by atoms with Crippen molar-refractivity contribution >= 4 is 5.69 Å². The fraction of sp³-hybridized carbons (Fsp3) is 0.333. The second-order valence-electron chi connectivity index (χ2n) is 3.52. The van der Waals surface area contributed by atoms with Gasteiger partial charge < -0.3 is 10.6 Å². The number of anilines is 1. The van der Waals surface area contributed by atoms with Gasteiger partial charge in [-0.1, -0.05) is 18.2 Å². The lowest BCUT2D eigenvalue weighted by Gasteiger charge is -2.23. The van der Waals surface area contributed by atoms with E-state index in [0.29, 0.717) is 0 Å². The summed E-state index contributed by atoms with van der Waals surface area (Å²) in [5.74, 6) is 0. The second-order valence-corrected chi connectivity index (χ2v) is 3.52. The molecule has 0 heterocycles. The van der Waals surface area contributed by atoms with E-state index in [1.807, 2.05) is 31.2 Å². The van der Waals surface area contributed by atoms with E-state index in [-0.39, 0.29) is 19.1 Å². The van der Waals surface area contributed by atoms with Crippen LogP contribution in [0.15, 0.2) is 24.3 Å². The van der Waals surface area contributed by atoms with Gasteiger partial charge in [0.1, 0.15) is 13.1 Å². The first-order valence-corrected chi connectivity index (χ1v) is 5.04. The molecule has 0 aliphatic rings. The monoisotopic (exact) mass is 214 g/mol. The van der Waals surface area contributed by atoms with Gasteiger partial charge >= 0.3 is 0 Å². The molecule has 0 aliphatic carbocycles. The Morgan fingerprint density at radius 2 is 1.81 bits per heavy atom. The fourth-order valence-electron chi connectivity index (χ4n) is 1.56. The quantitative estimate of drug-likeness (QED) is 0.771. The molecule has 1 atom stereocenters. The van der Waals surface area contributed by atoms with Crippen LogP contribution in [0.2, 0.25) is 0 Å². The number of para-hydroxylation sites is 1. The standard InChI is InChI=1S/C12H14N4/c1-10(15)11-4-2-3-5-12(11)16(8-6-13)9-7-14/h2-5,10H,8-9,15H2,1H3/t10-/m0/s1. The van der Waals surface area contributed by atoms with Crippen LogP contribution in [0.5, 0.6) is 0 Å². The van der Waals surface area contributed by atoms with Gasteiger partial charge in [0.15, 0.2) is 0 Å². The Bertz CT molecular complexity index is 409. The van der Waals surface area contributed by atoms with Crippen LogP contribution >= 0.6 is 0 Å². The molecule has 0 saturated heterocycles. The van der Waals surface area contributed by atoms with Gasteiger partial charge in [-0.15, -0.1) is 0 Å². The third-order valence-corrected chi connectivity index (χ3v) is 2.29. The van der Waals surface area contributed by atoms with Crippen LogP contribution in [0.1, 0.15) is 18.5 Å². The van der Waals surface area contributed by atoms with Gasteiger partial charge in [-0.25, -0.2) is 0 Å². The topological polar surface area (TPSA) is 76.8 Å². The number of rotatable bonds is 4. The molecular weight excluding hydrogens is 200 g/mol. The van der Waals surface area contributed by atoms with E-state index in [0.717, 1.165) is 11.3 Å². The minimum Gasteiger partial charge on any atom is -0.345 e. The van der Waals surface area contributed by atoms with Crippen molar-refractivity contribution in [1.82, 2.24) is 0 Å². The Hall–Kier alpha value is -2.04. The average Bonchev–Trinajstić information content (AvgIpc) is 2.29. The fourth-order valence-corrected chi connectivity index (χ4v) is 1.56. The van der Waals surface area contributed by atoms with Crippen LogP contribution in [0.25, 0.3) is 0 Å². The first kappa shape index (κ1) is 12.0. The maximum atomic E-state index is 8.72. The molecule has 2 N–H and O–H groups in total. The minimum absolute atomic E-state index is 0.115. The SMILES string of the molecule is C[C@H](N)c1ccccc1N(CC#N)CC#N. The molecule has 4 nitrogen and oxygen atoms in total. The molecule has 1 rings (SSSR count). The second kappa shape index (κ2) is 5.75. The van der Waals surface area contributed by atoms with E-state index < -0.39 is 0 Å². The number of hydrogen-bond donors (Lipinski definition) is 1. The summed E-state index contributed by atoms with van der Waals surface area (Å²) in [4.78, 5) is 1.72. The van der Waals surface area contributed by atoms with E-state index in [1.165, 1.54) is 0 Å². The Balaban J connectivity index is 3.09. The molecule has 82 valence electrons. The number of nitrogens with zero attached hydrogens (tertiary/aromatic N) is 3. The van der Waals surface area contributed by atoms with Crippen molar-refractivity contribution in [2.75, 3.05) is 18.0 Å². The third kappa shape index (κ3) is 2.73. The van der Waals surface area contributed by atoms with Crippen LogP contribution in [-0.4, -0.2) is 13.1 Å². The van der Waals surface area contributed by atoms with Gasteiger partial charge in [0.05, 0.1) is 12.1 Å². The highest BCUT2D eigenvalue weighted by Crippen LogP contribution is 2.24. The van der Waals surface area contributed by atoms with Crippen LogP contribution < -0.4 is 10.6 Å². The molecule has 0 saturated carbocycles. The summed E-state index contributed by atoms with van der Waals surface area (Å²) in [6.07, 6.45) is 0. The number of nitrogens with two attached hydrogens (primary N) is 1. The van der Waals surface area contributed by atoms with E-state index in [1.54, 1.807) is 4.90 Å². The number of nitriles is 2. The summed E-state index contributed by atoms with van der Waals surface area (Å²) >= 11 is 0. The maximum absolute atomic E-state index is 8.72. The summed E-state index contributed by atoms with van der Waals surface area (Å²) in [5, 5.41) is 17.4. The van der Waals surface area contributed by atoms with Crippen LogP contribution in [0.3, 0.4) is 0 Å². The highest BCUT2D eigenvalue weighted by atomic mass is 15.1. The summed E-state index contributed by atoms with van der Waals surface area (Å²) < 4.78 is 0. The van der Waals surface area contributed by atoms with Gasteiger partial charge in [0, 0.05) is 11.7 Å². The smallest absolute Gasteiger partial charge is 0.106 e. The Morgan fingerprint density at radius 1 is 1.25 bits per heavy atom. The first-order chi connectivity index (χ1) is 7.70. The molecule has 0 radical (unpaired) electrons. The summed E-state index contributed by atoms with van der Waals surface area (Å²) in [5.41, 5.74) is 7.67. The molecule has 0 aromatic heterocycles. The Labute approximate surface area is 95.5 Å². The molecule has 4 heteroatoms. The molecule has 0 bridgehead atoms. The number of hydrogen-bond acceptors (Lipinski definition) is 4. The third-order valence-electron chi connectivity index (χ3n) is 2.29. The largest absolute Gasteiger partial charge is 0.345 e. The molecule has 0 spiro atoms. The highest BCUT2D eigenvalue weighted by Gasteiger charge is 2.12. The van der Waals surface area contributed by atoms with Crippen molar-refractivity contribution < 1.29 is 0 Å². The molecule has 1 aromatic carbocycles. The molecule has 0 fully saturated rings. The Kier molecular flexibility index (Phi) is 4.32. The number of benzene rings is 1. The maximum Gasteiger partial charge on any atom is 0.106 e. The first-order valence-electron chi connectivity index (χ1n) is 5.04. The minimum atomic E-state index is -0.115. The van der Waals surface area contributed by atoms with Gasteiger partial charge in [0.2, 0.25) is 0 Å². The lowest BCUT2D eigenvalue weighted by atomic mass is 10.1. The van der Waals surface area contributed by atoms with Crippen molar-refractivity contribution in [2.45, 2.75) is 13.0 Å². The van der Waals surface area contributed by atoms with Gasteiger partial charge in [0.25, 0.3) is 0 Å². The summed E-state index contributed by atoms with van der Waals surface area (Å²) in [6, 6.07) is 11.6. The summed E-state index contributed by atoms with van der Waals surface area (Å²) in [6.45, 7) is 2.27. The predicted molar refractivity (Wildman–Crippen MR) is 62.5 cm³/mol. The van der Waals surface area contributed by atoms with E-state index in [9.17, 15) is 0 Å². The van der Waals surface area contributed by atoms with Crippen LogP contribution in [0.4, 0.5) is 5.69 Å². The molecule has 16 heavy (non-hydrogen) atoms. The molecule has 0 unspecified atom stereocenters. The zero-order valence-corrected chi connectivity index (χ0v) is 9.22. The zero-order valence-electron chi connectivity index (χ0n) is 9.22. The Morgan fingerprint density at radius 3 is 2.31 bits per heavy atom.